The molecular weight excluding hydrogens is 307 g/mol. The van der Waals surface area contributed by atoms with Crippen LogP contribution in [0.15, 0.2) is 48.5 Å². The number of rotatable bonds is 5. The second kappa shape index (κ2) is 7.45. The number of halogens is 1. The molecule has 2 N–H and O–H groups in total. The number of aliphatic hydroxyl groups is 1. The maximum Gasteiger partial charge on any atom is 0.227 e. The Labute approximate surface area is 140 Å². The molecule has 2 aromatic rings. The summed E-state index contributed by atoms with van der Waals surface area (Å²) in [6.07, 6.45) is 1.24. The second-order valence-electron chi connectivity index (χ2n) is 6.07. The first-order valence-electron chi connectivity index (χ1n) is 8.20. The van der Waals surface area contributed by atoms with Crippen molar-refractivity contribution in [3.05, 3.63) is 59.9 Å². The molecule has 3 rings (SSSR count). The SMILES string of the molecule is O=C(CC(O)c1cccc(F)c1)Nc1cccc(N2CCCC2)c1. The van der Waals surface area contributed by atoms with Gasteiger partial charge in [-0.15, -0.1) is 0 Å². The number of hydrogen-bond acceptors (Lipinski definition) is 3. The van der Waals surface area contributed by atoms with Crippen molar-refractivity contribution in [1.82, 2.24) is 0 Å². The zero-order valence-corrected chi connectivity index (χ0v) is 13.4. The van der Waals surface area contributed by atoms with E-state index in [1.165, 1.54) is 31.0 Å². The first-order chi connectivity index (χ1) is 11.6. The number of anilines is 2. The first kappa shape index (κ1) is 16.5. The van der Waals surface area contributed by atoms with Gasteiger partial charge in [-0.2, -0.15) is 0 Å². The summed E-state index contributed by atoms with van der Waals surface area (Å²) < 4.78 is 13.2. The summed E-state index contributed by atoms with van der Waals surface area (Å²) in [5, 5.41) is 12.9. The normalized spacial score (nSPS) is 15.3. The number of carbonyl (C=O) groups is 1. The molecule has 4 nitrogen and oxygen atoms in total. The van der Waals surface area contributed by atoms with E-state index in [1.54, 1.807) is 6.07 Å². The molecule has 1 aliphatic heterocycles. The minimum atomic E-state index is -1.03. The van der Waals surface area contributed by atoms with Crippen molar-refractivity contribution < 1.29 is 14.3 Å². The Morgan fingerprint density at radius 2 is 1.92 bits per heavy atom. The van der Waals surface area contributed by atoms with Crippen molar-refractivity contribution in [2.24, 2.45) is 0 Å². The Balaban J connectivity index is 1.61. The fourth-order valence-electron chi connectivity index (χ4n) is 2.98. The first-order valence-corrected chi connectivity index (χ1v) is 8.20. The summed E-state index contributed by atoms with van der Waals surface area (Å²) in [5.74, 6) is -0.726. The van der Waals surface area contributed by atoms with Crippen LogP contribution in [-0.2, 0) is 4.79 Å². The fraction of sp³-hybridized carbons (Fsp3) is 0.316. The number of nitrogens with zero attached hydrogens (tertiary/aromatic N) is 1. The van der Waals surface area contributed by atoms with E-state index in [0.29, 0.717) is 11.3 Å². The third-order valence-electron chi connectivity index (χ3n) is 4.21. The molecule has 126 valence electrons. The third kappa shape index (κ3) is 4.11. The van der Waals surface area contributed by atoms with Crippen LogP contribution >= 0.6 is 0 Å². The third-order valence-corrected chi connectivity index (χ3v) is 4.21. The Morgan fingerprint density at radius 1 is 1.17 bits per heavy atom. The Morgan fingerprint density at radius 3 is 2.67 bits per heavy atom. The van der Waals surface area contributed by atoms with Gasteiger partial charge in [0.05, 0.1) is 12.5 Å². The van der Waals surface area contributed by atoms with E-state index in [1.807, 2.05) is 24.3 Å². The van der Waals surface area contributed by atoms with E-state index in [2.05, 4.69) is 10.2 Å². The van der Waals surface area contributed by atoms with Crippen LogP contribution in [0.2, 0.25) is 0 Å². The van der Waals surface area contributed by atoms with Crippen LogP contribution in [-0.4, -0.2) is 24.1 Å². The van der Waals surface area contributed by atoms with Crippen molar-refractivity contribution in [2.75, 3.05) is 23.3 Å². The van der Waals surface area contributed by atoms with Gasteiger partial charge in [0.1, 0.15) is 5.82 Å². The summed E-state index contributed by atoms with van der Waals surface area (Å²) in [5.41, 5.74) is 2.20. The standard InChI is InChI=1S/C19H21FN2O2/c20-15-6-3-5-14(11-15)18(23)13-19(24)21-16-7-4-8-17(12-16)22-9-1-2-10-22/h3-8,11-12,18,23H,1-2,9-10,13H2,(H,21,24). The summed E-state index contributed by atoms with van der Waals surface area (Å²) in [4.78, 5) is 14.4. The molecule has 0 bridgehead atoms. The molecule has 0 aromatic heterocycles. The maximum absolute atomic E-state index is 13.2. The van der Waals surface area contributed by atoms with Crippen molar-refractivity contribution in [3.8, 4) is 0 Å². The second-order valence-corrected chi connectivity index (χ2v) is 6.07. The van der Waals surface area contributed by atoms with Crippen molar-refractivity contribution >= 4 is 17.3 Å². The van der Waals surface area contributed by atoms with Gasteiger partial charge in [-0.05, 0) is 48.7 Å². The average molecular weight is 328 g/mol. The number of nitrogens with one attached hydrogen (secondary N) is 1. The minimum Gasteiger partial charge on any atom is -0.388 e. The molecular formula is C19H21FN2O2. The van der Waals surface area contributed by atoms with Crippen LogP contribution < -0.4 is 10.2 Å². The van der Waals surface area contributed by atoms with Crippen LogP contribution in [0, 0.1) is 5.82 Å². The Kier molecular flexibility index (Phi) is 5.11. The predicted octanol–water partition coefficient (Wildman–Crippen LogP) is 3.49. The molecule has 1 saturated heterocycles. The van der Waals surface area contributed by atoms with Gasteiger partial charge in [-0.25, -0.2) is 4.39 Å². The van der Waals surface area contributed by atoms with Crippen LogP contribution in [0.25, 0.3) is 0 Å². The van der Waals surface area contributed by atoms with E-state index in [9.17, 15) is 14.3 Å². The number of aliphatic hydroxyl groups excluding tert-OH is 1. The average Bonchev–Trinajstić information content (AvgIpc) is 3.09. The van der Waals surface area contributed by atoms with Crippen LogP contribution in [0.4, 0.5) is 15.8 Å². The van der Waals surface area contributed by atoms with Crippen molar-refractivity contribution in [2.45, 2.75) is 25.4 Å². The van der Waals surface area contributed by atoms with Gasteiger partial charge < -0.3 is 15.3 Å². The van der Waals surface area contributed by atoms with E-state index < -0.39 is 11.9 Å². The highest BCUT2D eigenvalue weighted by Crippen LogP contribution is 2.24. The highest BCUT2D eigenvalue weighted by Gasteiger charge is 2.15. The molecule has 1 fully saturated rings. The molecule has 0 spiro atoms. The lowest BCUT2D eigenvalue weighted by Crippen LogP contribution is -2.19. The smallest absolute Gasteiger partial charge is 0.227 e. The van der Waals surface area contributed by atoms with Crippen molar-refractivity contribution in [3.63, 3.8) is 0 Å². The molecule has 1 amide bonds. The quantitative estimate of drug-likeness (QED) is 0.883. The lowest BCUT2D eigenvalue weighted by atomic mass is 10.1. The van der Waals surface area contributed by atoms with E-state index >= 15 is 0 Å². The number of amides is 1. The van der Waals surface area contributed by atoms with Crippen LogP contribution in [0.5, 0.6) is 0 Å². The van der Waals surface area contributed by atoms with Crippen LogP contribution in [0.3, 0.4) is 0 Å². The highest BCUT2D eigenvalue weighted by molar-refractivity contribution is 5.91. The Hall–Kier alpha value is -2.40. The lowest BCUT2D eigenvalue weighted by Gasteiger charge is -2.18. The van der Waals surface area contributed by atoms with Crippen molar-refractivity contribution in [1.29, 1.82) is 0 Å². The van der Waals surface area contributed by atoms with E-state index in [4.69, 9.17) is 0 Å². The molecule has 0 radical (unpaired) electrons. The van der Waals surface area contributed by atoms with Gasteiger partial charge >= 0.3 is 0 Å². The molecule has 1 unspecified atom stereocenters. The highest BCUT2D eigenvalue weighted by atomic mass is 19.1. The summed E-state index contributed by atoms with van der Waals surface area (Å²) in [7, 11) is 0. The number of benzene rings is 2. The van der Waals surface area contributed by atoms with E-state index in [0.717, 1.165) is 18.8 Å². The van der Waals surface area contributed by atoms with Gasteiger partial charge in [-0.1, -0.05) is 18.2 Å². The largest absolute Gasteiger partial charge is 0.388 e. The Bertz CT molecular complexity index is 714. The lowest BCUT2D eigenvalue weighted by molar-refractivity contribution is -0.118. The summed E-state index contributed by atoms with van der Waals surface area (Å²) >= 11 is 0. The molecule has 1 aliphatic rings. The zero-order valence-electron chi connectivity index (χ0n) is 13.4. The van der Waals surface area contributed by atoms with E-state index in [-0.39, 0.29) is 12.3 Å². The summed E-state index contributed by atoms with van der Waals surface area (Å²) in [6, 6.07) is 13.4. The van der Waals surface area contributed by atoms with Gasteiger partial charge in [0, 0.05) is 24.5 Å². The molecule has 0 aliphatic carbocycles. The van der Waals surface area contributed by atoms with Crippen LogP contribution in [0.1, 0.15) is 30.9 Å². The van der Waals surface area contributed by atoms with Gasteiger partial charge in [0.25, 0.3) is 0 Å². The molecule has 1 atom stereocenters. The van der Waals surface area contributed by atoms with Gasteiger partial charge in [0.15, 0.2) is 0 Å². The predicted molar refractivity (Wildman–Crippen MR) is 92.5 cm³/mol. The zero-order chi connectivity index (χ0) is 16.9. The minimum absolute atomic E-state index is 0.114. The summed E-state index contributed by atoms with van der Waals surface area (Å²) in [6.45, 7) is 2.07. The number of hydrogen-bond donors (Lipinski definition) is 2. The molecule has 5 heteroatoms. The van der Waals surface area contributed by atoms with Gasteiger partial charge in [0.2, 0.25) is 5.91 Å². The monoisotopic (exact) mass is 328 g/mol. The number of carbonyl (C=O) groups excluding carboxylic acids is 1. The molecule has 2 aromatic carbocycles. The van der Waals surface area contributed by atoms with Gasteiger partial charge in [-0.3, -0.25) is 4.79 Å². The molecule has 24 heavy (non-hydrogen) atoms. The fourth-order valence-corrected chi connectivity index (χ4v) is 2.98. The molecule has 0 saturated carbocycles. The molecule has 1 heterocycles. The maximum atomic E-state index is 13.2. The topological polar surface area (TPSA) is 52.6 Å².